The molecule has 0 aliphatic carbocycles. The Bertz CT molecular complexity index is 1640. The van der Waals surface area contributed by atoms with Gasteiger partial charge in [0.1, 0.15) is 23.9 Å². The number of benzene rings is 1. The Labute approximate surface area is 384 Å². The molecule has 0 unspecified atom stereocenters. The summed E-state index contributed by atoms with van der Waals surface area (Å²) in [6.45, 7) is 17.2. The molecule has 4 rings (SSSR count). The number of halogens is 1. The molecule has 3 fully saturated rings. The lowest BCUT2D eigenvalue weighted by Gasteiger charge is -2.49. The van der Waals surface area contributed by atoms with E-state index in [1.165, 1.54) is 14.0 Å². The number of carbonyl (C=O) groups excluding carboxylic acids is 1. The molecule has 0 bridgehead atoms. The van der Waals surface area contributed by atoms with E-state index in [1.54, 1.807) is 74.6 Å². The van der Waals surface area contributed by atoms with Crippen molar-refractivity contribution in [2.24, 2.45) is 28.8 Å². The monoisotopic (exact) mass is 933 g/mol. The highest BCUT2D eigenvalue weighted by atomic mass is 35.5. The number of hydrogen-bond acceptors (Lipinski definition) is 17. The molecule has 368 valence electrons. The normalized spacial score (nSPS) is 42.5. The van der Waals surface area contributed by atoms with E-state index in [0.29, 0.717) is 18.1 Å². The van der Waals surface area contributed by atoms with E-state index in [1.807, 2.05) is 31.0 Å². The van der Waals surface area contributed by atoms with Gasteiger partial charge >= 0.3 is 5.97 Å². The quantitative estimate of drug-likeness (QED) is 0.0755. The van der Waals surface area contributed by atoms with Crippen LogP contribution in [0.3, 0.4) is 0 Å². The van der Waals surface area contributed by atoms with Gasteiger partial charge in [0.2, 0.25) is 6.79 Å². The molecule has 17 nitrogen and oxygen atoms in total. The van der Waals surface area contributed by atoms with Crippen molar-refractivity contribution in [2.75, 3.05) is 46.2 Å². The molecule has 64 heavy (non-hydrogen) atoms. The van der Waals surface area contributed by atoms with Crippen LogP contribution in [-0.2, 0) is 47.5 Å². The van der Waals surface area contributed by atoms with Crippen LogP contribution in [0.25, 0.3) is 0 Å². The molecule has 3 aliphatic heterocycles. The maximum absolute atomic E-state index is 14.5. The van der Waals surface area contributed by atoms with Gasteiger partial charge in [0.25, 0.3) is 0 Å². The second kappa shape index (κ2) is 23.2. The third-order valence-electron chi connectivity index (χ3n) is 13.7. The Kier molecular flexibility index (Phi) is 19.7. The van der Waals surface area contributed by atoms with E-state index in [9.17, 15) is 30.3 Å². The lowest BCUT2D eigenvalue weighted by molar-refractivity contribution is -0.315. The number of ether oxygens (including phenoxy) is 8. The summed E-state index contributed by atoms with van der Waals surface area (Å²) in [6, 6.07) is 6.76. The van der Waals surface area contributed by atoms with Crippen LogP contribution in [0.5, 0.6) is 0 Å². The zero-order valence-electron chi connectivity index (χ0n) is 40.0. The summed E-state index contributed by atoms with van der Waals surface area (Å²) in [5, 5.41) is 65.1. The van der Waals surface area contributed by atoms with Gasteiger partial charge in [-0.1, -0.05) is 44.5 Å². The van der Waals surface area contributed by atoms with E-state index in [0.717, 1.165) is 5.69 Å². The fraction of sp³-hybridized carbons (Fsp3) is 0.826. The van der Waals surface area contributed by atoms with Gasteiger partial charge in [0, 0.05) is 56.2 Å². The highest BCUT2D eigenvalue weighted by Crippen LogP contribution is 2.41. The Morgan fingerprint density at radius 1 is 0.906 bits per heavy atom. The lowest BCUT2D eigenvalue weighted by Crippen LogP contribution is -2.61. The predicted molar refractivity (Wildman–Crippen MR) is 239 cm³/mol. The number of carbonyl (C=O) groups is 1. The van der Waals surface area contributed by atoms with Crippen molar-refractivity contribution in [2.45, 2.75) is 179 Å². The number of likely N-dealkylation sites (N-methyl/N-ethyl adjacent to an activating group) is 1. The first-order valence-corrected chi connectivity index (χ1v) is 22.9. The maximum atomic E-state index is 14.5. The first-order chi connectivity index (χ1) is 29.9. The summed E-state index contributed by atoms with van der Waals surface area (Å²) in [4.78, 5) is 22.0. The van der Waals surface area contributed by atoms with Crippen molar-refractivity contribution in [3.8, 4) is 0 Å². The molecular formula is C46H77ClN2O15. The topological polar surface area (TPSA) is 217 Å². The van der Waals surface area contributed by atoms with Gasteiger partial charge in [0.05, 0.1) is 72.6 Å². The minimum atomic E-state index is -1.99. The largest absolute Gasteiger partial charge is 0.459 e. The number of aliphatic hydroxyl groups excluding tert-OH is 3. The second-order valence-electron chi connectivity index (χ2n) is 18.9. The molecule has 1 aromatic rings. The second-order valence-corrected chi connectivity index (χ2v) is 19.3. The van der Waals surface area contributed by atoms with Gasteiger partial charge in [-0.15, -0.1) is 0 Å². The van der Waals surface area contributed by atoms with E-state index >= 15 is 0 Å². The molecule has 18 atom stereocenters. The van der Waals surface area contributed by atoms with Crippen LogP contribution >= 0.6 is 11.6 Å². The number of anilines is 1. The number of nitrogens with zero attached hydrogens (tertiary/aromatic N) is 2. The van der Waals surface area contributed by atoms with Crippen LogP contribution in [0, 0.1) is 23.7 Å². The van der Waals surface area contributed by atoms with Crippen LogP contribution in [0.4, 0.5) is 5.69 Å². The minimum Gasteiger partial charge on any atom is -0.459 e. The van der Waals surface area contributed by atoms with Gasteiger partial charge in [-0.05, 0) is 85.1 Å². The molecule has 18 heteroatoms. The zero-order chi connectivity index (χ0) is 47.9. The Morgan fingerprint density at radius 2 is 1.56 bits per heavy atom. The number of methoxy groups -OCH3 is 2. The summed E-state index contributed by atoms with van der Waals surface area (Å²) in [5.74, 6) is -4.29. The number of aliphatic hydroxyl groups is 5. The summed E-state index contributed by atoms with van der Waals surface area (Å²) in [5.41, 5.74) is -3.80. The van der Waals surface area contributed by atoms with Crippen molar-refractivity contribution < 1.29 is 73.1 Å². The fourth-order valence-corrected chi connectivity index (χ4v) is 9.80. The SMILES string of the molecule is CC[C@H]1OC(=O)[C@H](C)[C@@H](O[C@H]2C[C@@](C)(OC)[C@@H](O)[C@H](C)O2)[C@H](C)[C@@H](O[C@@H]2O[C@H](C)C[C@H](N(C)c3ccc(Cl)cc3)[C@H]2O)[C@](C)(O)C[C@@H](C)/C(=N\OCOCCOC)[C@H](C)[C@@H](O)[C@]1(C)O. The van der Waals surface area contributed by atoms with E-state index in [4.69, 9.17) is 54.3 Å². The van der Waals surface area contributed by atoms with Crippen molar-refractivity contribution >= 4 is 29.0 Å². The van der Waals surface area contributed by atoms with Crippen molar-refractivity contribution in [1.29, 1.82) is 0 Å². The molecule has 0 radical (unpaired) electrons. The summed E-state index contributed by atoms with van der Waals surface area (Å²) in [7, 11) is 4.90. The lowest BCUT2D eigenvalue weighted by atomic mass is 9.73. The van der Waals surface area contributed by atoms with Gasteiger partial charge in [-0.2, -0.15) is 0 Å². The molecule has 0 spiro atoms. The Hall–Kier alpha value is -2.23. The van der Waals surface area contributed by atoms with Gasteiger partial charge in [0.15, 0.2) is 12.6 Å². The van der Waals surface area contributed by atoms with Gasteiger partial charge in [-0.3, -0.25) is 4.79 Å². The smallest absolute Gasteiger partial charge is 0.311 e. The van der Waals surface area contributed by atoms with Crippen molar-refractivity contribution in [3.63, 3.8) is 0 Å². The number of cyclic esters (lactones) is 1. The summed E-state index contributed by atoms with van der Waals surface area (Å²) in [6.07, 6.45) is -10.2. The predicted octanol–water partition coefficient (Wildman–Crippen LogP) is 4.44. The van der Waals surface area contributed by atoms with Gasteiger partial charge < -0.3 is 73.2 Å². The molecular weight excluding hydrogens is 856 g/mol. The van der Waals surface area contributed by atoms with E-state index in [2.05, 4.69) is 5.16 Å². The molecule has 0 aromatic heterocycles. The average Bonchev–Trinajstić information content (AvgIpc) is 3.24. The molecule has 5 N–H and O–H groups in total. The van der Waals surface area contributed by atoms with E-state index in [-0.39, 0.29) is 38.4 Å². The summed E-state index contributed by atoms with van der Waals surface area (Å²) >= 11 is 6.20. The molecule has 0 amide bonds. The number of hydrogen-bond donors (Lipinski definition) is 5. The van der Waals surface area contributed by atoms with Crippen LogP contribution < -0.4 is 4.90 Å². The number of rotatable bonds is 14. The third kappa shape index (κ3) is 12.8. The van der Waals surface area contributed by atoms with Crippen LogP contribution in [0.1, 0.15) is 94.9 Å². The van der Waals surface area contributed by atoms with Crippen LogP contribution in [-0.4, -0.2) is 163 Å². The molecule has 3 aliphatic rings. The number of oxime groups is 1. The molecule has 0 saturated carbocycles. The van der Waals surface area contributed by atoms with Crippen LogP contribution in [0.15, 0.2) is 29.4 Å². The highest BCUT2D eigenvalue weighted by Gasteiger charge is 2.53. The average molecular weight is 934 g/mol. The van der Waals surface area contributed by atoms with Gasteiger partial charge in [-0.25, -0.2) is 0 Å². The molecule has 1 aromatic carbocycles. The standard InChI is InChI=1S/C46H77ClN2O15/c1-14-34-46(10,55)39(51)27(4)36(48-59-24-58-20-19-56-12)25(2)22-44(8,54)41(64-43-37(50)33(21-26(3)60-43)49(11)32-17-15-31(47)16-18-32)28(5)38(29(6)42(53)62-34)63-35-23-45(9,57-13)40(52)30(7)61-35/h15-18,25-30,33-35,37-41,43,50-52,54-55H,14,19-24H2,1-13H3/b48-36+/t25-,26-,27+,28+,29-,30+,33+,34-,35+,37-,38+,39-,40+,41-,43+,44-,45-,46-/m1/s1. The first-order valence-electron chi connectivity index (χ1n) is 22.5. The molecule has 3 saturated heterocycles. The highest BCUT2D eigenvalue weighted by molar-refractivity contribution is 6.30. The third-order valence-corrected chi connectivity index (χ3v) is 13.9. The van der Waals surface area contributed by atoms with E-state index < -0.39 is 114 Å². The van der Waals surface area contributed by atoms with Crippen molar-refractivity contribution in [3.05, 3.63) is 29.3 Å². The molecule has 3 heterocycles. The maximum Gasteiger partial charge on any atom is 0.311 e. The minimum absolute atomic E-state index is 0.0614. The zero-order valence-corrected chi connectivity index (χ0v) is 40.8. The number of esters is 1. The Balaban J connectivity index is 1.86. The summed E-state index contributed by atoms with van der Waals surface area (Å²) < 4.78 is 48.6. The van der Waals surface area contributed by atoms with Crippen LogP contribution in [0.2, 0.25) is 5.02 Å². The Morgan fingerprint density at radius 3 is 2.17 bits per heavy atom. The first kappa shape index (κ1) is 54.4. The fourth-order valence-electron chi connectivity index (χ4n) is 9.67. The van der Waals surface area contributed by atoms with Crippen molar-refractivity contribution in [1.82, 2.24) is 0 Å².